The molecular weight excluding hydrogens is 252 g/mol. The Kier molecular flexibility index (Phi) is 3.64. The second-order valence-corrected chi connectivity index (χ2v) is 4.96. The van der Waals surface area contributed by atoms with E-state index in [0.717, 1.165) is 29.6 Å². The van der Waals surface area contributed by atoms with Gasteiger partial charge in [-0.05, 0) is 32.1 Å². The molecule has 2 aromatic heterocycles. The van der Waals surface area contributed by atoms with Crippen molar-refractivity contribution in [2.24, 2.45) is 0 Å². The number of aromatic amines is 1. The van der Waals surface area contributed by atoms with Crippen LogP contribution in [0.25, 0.3) is 16.0 Å². The highest BCUT2D eigenvalue weighted by Gasteiger charge is 2.17. The molecule has 5 heteroatoms. The molecule has 3 rings (SSSR count). The van der Waals surface area contributed by atoms with E-state index in [9.17, 15) is 0 Å². The molecule has 1 saturated carbocycles. The molecule has 1 N–H and O–H groups in total. The van der Waals surface area contributed by atoms with Gasteiger partial charge in [0.2, 0.25) is 5.88 Å². The first-order chi connectivity index (χ1) is 9.86. The lowest BCUT2D eigenvalue weighted by atomic mass is 10.2. The van der Waals surface area contributed by atoms with Crippen LogP contribution in [0.3, 0.4) is 0 Å². The fourth-order valence-electron chi connectivity index (χ4n) is 2.55. The van der Waals surface area contributed by atoms with Crippen LogP contribution in [0.15, 0.2) is 24.7 Å². The third kappa shape index (κ3) is 2.64. The Morgan fingerprint density at radius 1 is 1.45 bits per heavy atom. The number of allylic oxidation sites excluding steroid dienone is 1. The van der Waals surface area contributed by atoms with Crippen LogP contribution in [0, 0.1) is 6.57 Å². The second-order valence-electron chi connectivity index (χ2n) is 4.96. The van der Waals surface area contributed by atoms with Crippen molar-refractivity contribution in [3.63, 3.8) is 0 Å². The van der Waals surface area contributed by atoms with E-state index in [1.165, 1.54) is 19.0 Å². The van der Waals surface area contributed by atoms with E-state index in [2.05, 4.69) is 19.8 Å². The third-order valence-electron chi connectivity index (χ3n) is 3.54. The minimum atomic E-state index is 0.283. The number of hydrogen-bond donors (Lipinski definition) is 1. The van der Waals surface area contributed by atoms with Gasteiger partial charge in [0.15, 0.2) is 11.8 Å². The Morgan fingerprint density at radius 2 is 2.30 bits per heavy atom. The van der Waals surface area contributed by atoms with Gasteiger partial charge in [0.05, 0.1) is 12.8 Å². The van der Waals surface area contributed by atoms with Crippen molar-refractivity contribution in [1.82, 2.24) is 15.0 Å². The van der Waals surface area contributed by atoms with Crippen molar-refractivity contribution in [1.29, 1.82) is 0 Å². The fourth-order valence-corrected chi connectivity index (χ4v) is 2.55. The molecule has 0 atom stereocenters. The summed E-state index contributed by atoms with van der Waals surface area (Å²) in [5, 5.41) is 0. The molecule has 20 heavy (non-hydrogen) atoms. The summed E-state index contributed by atoms with van der Waals surface area (Å²) in [5.41, 5.74) is 2.62. The zero-order valence-electron chi connectivity index (χ0n) is 11.2. The lowest BCUT2D eigenvalue weighted by molar-refractivity contribution is 0.201. The highest BCUT2D eigenvalue weighted by atomic mass is 16.5. The minimum absolute atomic E-state index is 0.283. The highest BCUT2D eigenvalue weighted by Crippen LogP contribution is 2.24. The number of nitrogens with zero attached hydrogens (tertiary/aromatic N) is 3. The van der Waals surface area contributed by atoms with Gasteiger partial charge >= 0.3 is 0 Å². The molecule has 0 saturated heterocycles. The zero-order valence-corrected chi connectivity index (χ0v) is 11.2. The number of fused-ring (bicyclic) bond motifs is 1. The van der Waals surface area contributed by atoms with Crippen molar-refractivity contribution in [2.45, 2.75) is 38.2 Å². The zero-order chi connectivity index (χ0) is 13.8. The number of aromatic nitrogens is 3. The van der Waals surface area contributed by atoms with E-state index in [4.69, 9.17) is 11.3 Å². The summed E-state index contributed by atoms with van der Waals surface area (Å²) in [5.74, 6) is 0.597. The fraction of sp³-hybridized carbons (Fsp3) is 0.400. The molecule has 0 bridgehead atoms. The number of nitrogens with one attached hydrogen (secondary N) is 1. The van der Waals surface area contributed by atoms with E-state index in [-0.39, 0.29) is 6.10 Å². The van der Waals surface area contributed by atoms with Gasteiger partial charge in [0.25, 0.3) is 0 Å². The minimum Gasteiger partial charge on any atom is -0.473 e. The van der Waals surface area contributed by atoms with Gasteiger partial charge in [-0.15, -0.1) is 0 Å². The molecule has 2 aromatic rings. The van der Waals surface area contributed by atoms with Crippen molar-refractivity contribution < 1.29 is 4.74 Å². The first kappa shape index (κ1) is 12.7. The topological polar surface area (TPSA) is 55.2 Å². The van der Waals surface area contributed by atoms with Gasteiger partial charge in [-0.25, -0.2) is 14.8 Å². The summed E-state index contributed by atoms with van der Waals surface area (Å²) in [6.45, 7) is 6.74. The highest BCUT2D eigenvalue weighted by molar-refractivity contribution is 5.75. The Balaban J connectivity index is 1.82. The van der Waals surface area contributed by atoms with Crippen molar-refractivity contribution in [2.75, 3.05) is 0 Å². The summed E-state index contributed by atoms with van der Waals surface area (Å²) in [6.07, 6.45) is 12.5. The summed E-state index contributed by atoms with van der Waals surface area (Å²) in [7, 11) is 0. The van der Waals surface area contributed by atoms with Crippen molar-refractivity contribution in [3.8, 4) is 5.88 Å². The Bertz CT molecular complexity index is 662. The molecule has 1 aliphatic rings. The second kappa shape index (κ2) is 5.74. The van der Waals surface area contributed by atoms with Crippen LogP contribution < -0.4 is 4.74 Å². The molecule has 2 heterocycles. The van der Waals surface area contributed by atoms with Crippen LogP contribution in [-0.2, 0) is 6.42 Å². The van der Waals surface area contributed by atoms with Gasteiger partial charge < -0.3 is 9.72 Å². The van der Waals surface area contributed by atoms with E-state index in [0.29, 0.717) is 12.3 Å². The van der Waals surface area contributed by atoms with Gasteiger partial charge in [-0.3, -0.25) is 0 Å². The Morgan fingerprint density at radius 3 is 3.10 bits per heavy atom. The average Bonchev–Trinajstić information content (AvgIpc) is 3.09. The summed E-state index contributed by atoms with van der Waals surface area (Å²) in [4.78, 5) is 15.2. The monoisotopic (exact) mass is 268 g/mol. The largest absolute Gasteiger partial charge is 0.473 e. The summed E-state index contributed by atoms with van der Waals surface area (Å²) < 4.78 is 5.88. The predicted octanol–water partition coefficient (Wildman–Crippen LogP) is 3.25. The van der Waals surface area contributed by atoms with E-state index < -0.39 is 0 Å². The molecule has 0 unspecified atom stereocenters. The summed E-state index contributed by atoms with van der Waals surface area (Å²) in [6, 6.07) is 0. The van der Waals surface area contributed by atoms with Gasteiger partial charge in [-0.1, -0.05) is 6.08 Å². The number of H-pyrrole nitrogens is 1. The maximum Gasteiger partial charge on any atom is 0.233 e. The molecule has 0 amide bonds. The first-order valence-electron chi connectivity index (χ1n) is 6.88. The molecule has 1 aliphatic carbocycles. The smallest absolute Gasteiger partial charge is 0.233 e. The number of rotatable bonds is 4. The third-order valence-corrected chi connectivity index (χ3v) is 3.54. The average molecular weight is 268 g/mol. The van der Waals surface area contributed by atoms with Crippen LogP contribution >= 0.6 is 0 Å². The molecule has 1 fully saturated rings. The number of hydrogen-bond acceptors (Lipinski definition) is 3. The van der Waals surface area contributed by atoms with Crippen LogP contribution in [0.2, 0.25) is 0 Å². The molecule has 0 aromatic carbocycles. The van der Waals surface area contributed by atoms with Crippen molar-refractivity contribution >= 4 is 11.2 Å². The first-order valence-corrected chi connectivity index (χ1v) is 6.88. The Hall–Kier alpha value is -2.35. The Labute approximate surface area is 117 Å². The van der Waals surface area contributed by atoms with Crippen LogP contribution in [0.5, 0.6) is 5.88 Å². The maximum absolute atomic E-state index is 6.74. The lowest BCUT2D eigenvalue weighted by Gasteiger charge is -2.11. The van der Waals surface area contributed by atoms with Gasteiger partial charge in [0.1, 0.15) is 11.6 Å². The SMILES string of the molecule is [C-]#[N+]/C=C\Cc1c[nH]c2ncc(OC3CCCC3)nc12. The molecular formula is C15H16N4O. The predicted molar refractivity (Wildman–Crippen MR) is 76.2 cm³/mol. The molecule has 0 radical (unpaired) electrons. The van der Waals surface area contributed by atoms with E-state index >= 15 is 0 Å². The molecule has 5 nitrogen and oxygen atoms in total. The molecule has 102 valence electrons. The standard InChI is InChI=1S/C15H16N4O/c1-16-8-4-5-11-9-17-15-14(11)19-13(10-18-15)20-12-6-2-3-7-12/h4,8-10,12H,2-3,5-7H2,(H,17,18)/b8-4-. The van der Waals surface area contributed by atoms with E-state index in [1.807, 2.05) is 12.3 Å². The normalized spacial score (nSPS) is 15.9. The molecule has 0 spiro atoms. The van der Waals surface area contributed by atoms with Crippen LogP contribution in [-0.4, -0.2) is 21.1 Å². The van der Waals surface area contributed by atoms with Crippen LogP contribution in [0.1, 0.15) is 31.2 Å². The summed E-state index contributed by atoms with van der Waals surface area (Å²) >= 11 is 0. The lowest BCUT2D eigenvalue weighted by Crippen LogP contribution is -2.12. The molecule has 0 aliphatic heterocycles. The van der Waals surface area contributed by atoms with Gasteiger partial charge in [0, 0.05) is 11.8 Å². The quantitative estimate of drug-likeness (QED) is 0.866. The van der Waals surface area contributed by atoms with Crippen molar-refractivity contribution in [3.05, 3.63) is 41.7 Å². The number of ether oxygens (including phenoxy) is 1. The van der Waals surface area contributed by atoms with E-state index in [1.54, 1.807) is 6.20 Å². The van der Waals surface area contributed by atoms with Gasteiger partial charge in [-0.2, -0.15) is 0 Å². The maximum atomic E-state index is 6.74. The van der Waals surface area contributed by atoms with Crippen LogP contribution in [0.4, 0.5) is 0 Å².